The molecule has 3 nitrogen and oxygen atoms in total. The van der Waals surface area contributed by atoms with Gasteiger partial charge >= 0.3 is 5.97 Å². The van der Waals surface area contributed by atoms with Crippen LogP contribution in [0.4, 0.5) is 0 Å². The molecule has 0 atom stereocenters. The molecule has 0 aliphatic heterocycles. The summed E-state index contributed by atoms with van der Waals surface area (Å²) in [5, 5.41) is 0. The molecule has 0 fully saturated rings. The molecule has 0 aromatic heterocycles. The van der Waals surface area contributed by atoms with Gasteiger partial charge in [0.1, 0.15) is 6.61 Å². The number of ether oxygens (including phenoxy) is 1. The van der Waals surface area contributed by atoms with E-state index in [-0.39, 0.29) is 19.6 Å². The fraction of sp³-hybridized carbons (Fsp3) is 0.800. The maximum Gasteiger partial charge on any atom is 0.307 e. The van der Waals surface area contributed by atoms with Crippen LogP contribution in [-0.2, 0) is 9.53 Å². The van der Waals surface area contributed by atoms with E-state index < -0.39 is 9.76 Å². The first kappa shape index (κ1) is 11.3. The molecule has 0 spiro atoms. The van der Waals surface area contributed by atoms with Gasteiger partial charge < -0.3 is 10.5 Å². The number of carbonyl (C=O) groups excluding carboxylic acids is 1. The van der Waals surface area contributed by atoms with E-state index in [0.29, 0.717) is 0 Å². The number of rotatable bonds is 3. The molecular weight excluding hydrogens is 212 g/mol. The van der Waals surface area contributed by atoms with Crippen molar-refractivity contribution in [3.8, 4) is 0 Å². The molecule has 2 N–H and O–H groups in total. The smallest absolute Gasteiger partial charge is 0.307 e. The van der Waals surface area contributed by atoms with Gasteiger partial charge in [0.05, 0.1) is 6.42 Å². The van der Waals surface area contributed by atoms with Gasteiger partial charge in [-0.15, -0.1) is 0 Å². The van der Waals surface area contributed by atoms with Crippen molar-refractivity contribution in [3.63, 3.8) is 0 Å². The molecule has 0 bridgehead atoms. The molecule has 0 aliphatic rings. The lowest BCUT2D eigenvalue weighted by atomic mass is 10.4. The Morgan fingerprint density at radius 1 is 1.45 bits per heavy atom. The van der Waals surface area contributed by atoms with Gasteiger partial charge in [-0.2, -0.15) is 0 Å². The monoisotopic (exact) mass is 219 g/mol. The lowest BCUT2D eigenvalue weighted by molar-refractivity contribution is -0.143. The third kappa shape index (κ3) is 8.20. The van der Waals surface area contributed by atoms with Crippen LogP contribution in [0.3, 0.4) is 0 Å². The molecule has 66 valence electrons. The topological polar surface area (TPSA) is 52.3 Å². The van der Waals surface area contributed by atoms with E-state index in [2.05, 4.69) is 4.74 Å². The van der Waals surface area contributed by atoms with Crippen molar-refractivity contribution < 1.29 is 9.53 Å². The van der Waals surface area contributed by atoms with Crippen molar-refractivity contribution in [2.45, 2.75) is 10.2 Å². The van der Waals surface area contributed by atoms with Crippen molar-refractivity contribution in [2.24, 2.45) is 5.73 Å². The Kier molecular flexibility index (Phi) is 5.17. The Balaban J connectivity index is 3.46. The van der Waals surface area contributed by atoms with E-state index >= 15 is 0 Å². The number of esters is 1. The summed E-state index contributed by atoms with van der Waals surface area (Å²) in [6.45, 7) is -0.00477. The Morgan fingerprint density at radius 3 is 2.36 bits per heavy atom. The highest BCUT2D eigenvalue weighted by molar-refractivity contribution is 6.67. The van der Waals surface area contributed by atoms with Gasteiger partial charge in [-0.25, -0.2) is 0 Å². The van der Waals surface area contributed by atoms with Crippen LogP contribution in [0.15, 0.2) is 0 Å². The number of hydrogen-bond acceptors (Lipinski definition) is 3. The summed E-state index contributed by atoms with van der Waals surface area (Å²) in [7, 11) is 0. The van der Waals surface area contributed by atoms with Crippen molar-refractivity contribution >= 4 is 40.8 Å². The van der Waals surface area contributed by atoms with Gasteiger partial charge in [-0.05, 0) is 0 Å². The van der Waals surface area contributed by atoms with Crippen LogP contribution in [0.5, 0.6) is 0 Å². The van der Waals surface area contributed by atoms with Crippen LogP contribution >= 0.6 is 34.8 Å². The van der Waals surface area contributed by atoms with Crippen LogP contribution in [0, 0.1) is 0 Å². The second-order valence-electron chi connectivity index (χ2n) is 1.81. The molecule has 0 rings (SSSR count). The average Bonchev–Trinajstić information content (AvgIpc) is 1.83. The molecular formula is C5H8Cl3NO2. The zero-order chi connectivity index (χ0) is 8.91. The first-order valence-corrected chi connectivity index (χ1v) is 4.01. The van der Waals surface area contributed by atoms with E-state index in [1.165, 1.54) is 0 Å². The third-order valence-electron chi connectivity index (χ3n) is 0.745. The highest BCUT2D eigenvalue weighted by Gasteiger charge is 2.21. The van der Waals surface area contributed by atoms with E-state index in [4.69, 9.17) is 40.5 Å². The molecule has 0 amide bonds. The van der Waals surface area contributed by atoms with Gasteiger partial charge in [0.2, 0.25) is 3.79 Å². The summed E-state index contributed by atoms with van der Waals surface area (Å²) in [5.74, 6) is -0.459. The molecule has 0 aliphatic carbocycles. The zero-order valence-corrected chi connectivity index (χ0v) is 7.92. The maximum absolute atomic E-state index is 10.6. The number of carbonyl (C=O) groups is 1. The summed E-state index contributed by atoms with van der Waals surface area (Å²) >= 11 is 15.9. The maximum atomic E-state index is 10.6. The highest BCUT2D eigenvalue weighted by atomic mass is 35.6. The van der Waals surface area contributed by atoms with Crippen LogP contribution < -0.4 is 5.73 Å². The molecule has 0 heterocycles. The minimum atomic E-state index is -1.54. The molecule has 6 heteroatoms. The fourth-order valence-electron chi connectivity index (χ4n) is 0.352. The first-order chi connectivity index (χ1) is 4.95. The van der Waals surface area contributed by atoms with E-state index in [0.717, 1.165) is 0 Å². The predicted molar refractivity (Wildman–Crippen MR) is 44.9 cm³/mol. The molecule has 0 aromatic rings. The summed E-state index contributed by atoms with van der Waals surface area (Å²) < 4.78 is 2.99. The summed E-state index contributed by atoms with van der Waals surface area (Å²) in [6.07, 6.45) is 0.140. The molecule has 11 heavy (non-hydrogen) atoms. The summed E-state index contributed by atoms with van der Waals surface area (Å²) in [4.78, 5) is 10.6. The number of halogens is 3. The van der Waals surface area contributed by atoms with Gasteiger partial charge in [0.25, 0.3) is 0 Å². The summed E-state index contributed by atoms with van der Waals surface area (Å²) in [5.41, 5.74) is 5.07. The normalized spacial score (nSPS) is 11.3. The van der Waals surface area contributed by atoms with Crippen molar-refractivity contribution in [1.82, 2.24) is 0 Å². The molecule has 0 unspecified atom stereocenters. The lowest BCUT2D eigenvalue weighted by Gasteiger charge is -2.10. The number of hydrogen-bond donors (Lipinski definition) is 1. The molecule has 0 saturated heterocycles. The Bertz CT molecular complexity index is 134. The molecule has 0 aromatic carbocycles. The van der Waals surface area contributed by atoms with Crippen LogP contribution in [0.2, 0.25) is 0 Å². The molecule has 0 radical (unpaired) electrons. The van der Waals surface area contributed by atoms with Gasteiger partial charge in [0, 0.05) is 6.54 Å². The molecule has 0 saturated carbocycles. The number of alkyl halides is 3. The second kappa shape index (κ2) is 5.04. The minimum Gasteiger partial charge on any atom is -0.461 e. The highest BCUT2D eigenvalue weighted by Crippen LogP contribution is 2.25. The Morgan fingerprint density at radius 2 is 2.00 bits per heavy atom. The quantitative estimate of drug-likeness (QED) is 0.575. The Labute approximate surface area is 79.7 Å². The van der Waals surface area contributed by atoms with E-state index in [1.807, 2.05) is 0 Å². The van der Waals surface area contributed by atoms with Gasteiger partial charge in [-0.1, -0.05) is 34.8 Å². The van der Waals surface area contributed by atoms with Gasteiger partial charge in [0.15, 0.2) is 0 Å². The lowest BCUT2D eigenvalue weighted by Crippen LogP contribution is -2.19. The largest absolute Gasteiger partial charge is 0.461 e. The first-order valence-electron chi connectivity index (χ1n) is 2.88. The van der Waals surface area contributed by atoms with Crippen LogP contribution in [-0.4, -0.2) is 22.9 Å². The van der Waals surface area contributed by atoms with Crippen molar-refractivity contribution in [1.29, 1.82) is 0 Å². The zero-order valence-electron chi connectivity index (χ0n) is 5.65. The minimum absolute atomic E-state index is 0.140. The average molecular weight is 220 g/mol. The second-order valence-corrected chi connectivity index (χ2v) is 4.33. The Hall–Kier alpha value is 0.300. The standard InChI is InChI=1S/C5H8Cl3NO2/c6-5(7,8)3-11-4(10)1-2-9/h1-3,9H2. The van der Waals surface area contributed by atoms with E-state index in [1.54, 1.807) is 0 Å². The predicted octanol–water partition coefficient (Wildman–Crippen LogP) is 1.25. The third-order valence-corrected chi connectivity index (χ3v) is 1.07. The van der Waals surface area contributed by atoms with Crippen LogP contribution in [0.25, 0.3) is 0 Å². The number of nitrogens with two attached hydrogens (primary N) is 1. The van der Waals surface area contributed by atoms with Crippen LogP contribution in [0.1, 0.15) is 6.42 Å². The van der Waals surface area contributed by atoms with E-state index in [9.17, 15) is 4.79 Å². The van der Waals surface area contributed by atoms with Crippen molar-refractivity contribution in [3.05, 3.63) is 0 Å². The fourth-order valence-corrected chi connectivity index (χ4v) is 0.516. The van der Waals surface area contributed by atoms with Gasteiger partial charge in [-0.3, -0.25) is 4.79 Å². The SMILES string of the molecule is NCCC(=O)OCC(Cl)(Cl)Cl. The van der Waals surface area contributed by atoms with Crippen molar-refractivity contribution in [2.75, 3.05) is 13.2 Å². The summed E-state index contributed by atoms with van der Waals surface area (Å²) in [6, 6.07) is 0.